The number of aryl methyl sites for hydroxylation is 1. The summed E-state index contributed by atoms with van der Waals surface area (Å²) in [7, 11) is 3.39. The molecule has 0 bridgehead atoms. The van der Waals surface area contributed by atoms with E-state index in [4.69, 9.17) is 9.47 Å². The van der Waals surface area contributed by atoms with Gasteiger partial charge in [-0.25, -0.2) is 0 Å². The number of hydrogen-bond acceptors (Lipinski definition) is 3. The Morgan fingerprint density at radius 3 is 2.32 bits per heavy atom. The van der Waals surface area contributed by atoms with Crippen molar-refractivity contribution in [3.8, 4) is 11.5 Å². The number of nitrogens with zero attached hydrogens (tertiary/aromatic N) is 1. The average Bonchev–Trinajstić information content (AvgIpc) is 2.75. The molecule has 116 valence electrons. The van der Waals surface area contributed by atoms with Gasteiger partial charge in [-0.1, -0.05) is 30.3 Å². The van der Waals surface area contributed by atoms with Crippen LogP contribution in [0.1, 0.15) is 23.1 Å². The minimum atomic E-state index is 0.822. The molecule has 1 heterocycles. The maximum atomic E-state index is 5.45. The molecule has 2 aromatic rings. The monoisotopic (exact) mass is 297 g/mol. The van der Waals surface area contributed by atoms with E-state index >= 15 is 0 Å². The minimum Gasteiger partial charge on any atom is -0.493 e. The topological polar surface area (TPSA) is 21.7 Å². The van der Waals surface area contributed by atoms with E-state index in [0.717, 1.165) is 37.6 Å². The third kappa shape index (κ3) is 3.25. The summed E-state index contributed by atoms with van der Waals surface area (Å²) in [6.07, 6.45) is 2.27. The first kappa shape index (κ1) is 14.9. The highest BCUT2D eigenvalue weighted by atomic mass is 16.5. The van der Waals surface area contributed by atoms with Gasteiger partial charge in [-0.2, -0.15) is 0 Å². The van der Waals surface area contributed by atoms with E-state index in [0.29, 0.717) is 0 Å². The Balaban J connectivity index is 1.82. The van der Waals surface area contributed by atoms with E-state index in [1.165, 1.54) is 23.1 Å². The van der Waals surface area contributed by atoms with Crippen LogP contribution in [0.15, 0.2) is 42.5 Å². The first-order chi connectivity index (χ1) is 10.8. The molecule has 0 aromatic heterocycles. The third-order valence-corrected chi connectivity index (χ3v) is 4.27. The van der Waals surface area contributed by atoms with Crippen LogP contribution in [0.4, 0.5) is 0 Å². The van der Waals surface area contributed by atoms with Crippen LogP contribution in [0.3, 0.4) is 0 Å². The number of hydrogen-bond donors (Lipinski definition) is 0. The fourth-order valence-corrected chi connectivity index (χ4v) is 3.13. The Hall–Kier alpha value is -2.00. The van der Waals surface area contributed by atoms with Crippen molar-refractivity contribution >= 4 is 0 Å². The van der Waals surface area contributed by atoms with Gasteiger partial charge in [-0.15, -0.1) is 0 Å². The zero-order valence-corrected chi connectivity index (χ0v) is 13.3. The smallest absolute Gasteiger partial charge is 0.161 e. The van der Waals surface area contributed by atoms with E-state index in [9.17, 15) is 0 Å². The van der Waals surface area contributed by atoms with E-state index in [-0.39, 0.29) is 0 Å². The van der Waals surface area contributed by atoms with Crippen molar-refractivity contribution in [2.75, 3.05) is 20.8 Å². The fourth-order valence-electron chi connectivity index (χ4n) is 3.13. The Morgan fingerprint density at radius 2 is 1.64 bits per heavy atom. The number of methoxy groups -OCH3 is 2. The second-order valence-electron chi connectivity index (χ2n) is 5.78. The lowest BCUT2D eigenvalue weighted by Gasteiger charge is -2.21. The van der Waals surface area contributed by atoms with Crippen LogP contribution < -0.4 is 9.47 Å². The molecule has 0 aliphatic carbocycles. The summed E-state index contributed by atoms with van der Waals surface area (Å²) in [5.41, 5.74) is 4.10. The molecule has 0 unspecified atom stereocenters. The molecule has 0 atom stereocenters. The normalized spacial score (nSPS) is 15.0. The fraction of sp³-hybridized carbons (Fsp3) is 0.368. The van der Waals surface area contributed by atoms with Crippen molar-refractivity contribution in [3.05, 3.63) is 59.2 Å². The quantitative estimate of drug-likeness (QED) is 0.860. The molecule has 0 radical (unpaired) electrons. The number of fused-ring (bicyclic) bond motifs is 1. The van der Waals surface area contributed by atoms with Crippen molar-refractivity contribution in [3.63, 3.8) is 0 Å². The molecule has 0 N–H and O–H groups in total. The van der Waals surface area contributed by atoms with Crippen LogP contribution in [-0.4, -0.2) is 25.7 Å². The molecular weight excluding hydrogens is 274 g/mol. The van der Waals surface area contributed by atoms with E-state index in [2.05, 4.69) is 47.4 Å². The van der Waals surface area contributed by atoms with Gasteiger partial charge in [0.2, 0.25) is 0 Å². The van der Waals surface area contributed by atoms with Crippen molar-refractivity contribution in [1.29, 1.82) is 0 Å². The lowest BCUT2D eigenvalue weighted by molar-refractivity contribution is 0.260. The molecule has 0 fully saturated rings. The van der Waals surface area contributed by atoms with Gasteiger partial charge in [0.1, 0.15) is 0 Å². The van der Waals surface area contributed by atoms with Crippen LogP contribution in [0.25, 0.3) is 0 Å². The van der Waals surface area contributed by atoms with Gasteiger partial charge >= 0.3 is 0 Å². The SMILES string of the molecule is COc1cc2c(cc1OC)CN(Cc1ccccc1)CCC2. The summed E-state index contributed by atoms with van der Waals surface area (Å²) >= 11 is 0. The molecule has 0 saturated carbocycles. The predicted molar refractivity (Wildman–Crippen MR) is 88.4 cm³/mol. The van der Waals surface area contributed by atoms with Crippen LogP contribution >= 0.6 is 0 Å². The van der Waals surface area contributed by atoms with Gasteiger partial charge < -0.3 is 9.47 Å². The maximum absolute atomic E-state index is 5.45. The molecule has 0 saturated heterocycles. The Labute approximate surface area is 132 Å². The molecule has 2 aromatic carbocycles. The molecule has 0 spiro atoms. The maximum Gasteiger partial charge on any atom is 0.161 e. The average molecular weight is 297 g/mol. The van der Waals surface area contributed by atoms with Crippen LogP contribution in [0.5, 0.6) is 11.5 Å². The second kappa shape index (κ2) is 6.84. The molecule has 1 aliphatic heterocycles. The highest BCUT2D eigenvalue weighted by molar-refractivity contribution is 5.47. The van der Waals surface area contributed by atoms with Gasteiger partial charge in [0, 0.05) is 13.1 Å². The number of benzene rings is 2. The predicted octanol–water partition coefficient (Wildman–Crippen LogP) is 3.65. The first-order valence-corrected chi connectivity index (χ1v) is 7.80. The van der Waals surface area contributed by atoms with Gasteiger partial charge in [0.05, 0.1) is 14.2 Å². The summed E-state index contributed by atoms with van der Waals surface area (Å²) < 4.78 is 10.9. The van der Waals surface area contributed by atoms with Crippen molar-refractivity contribution in [2.45, 2.75) is 25.9 Å². The van der Waals surface area contributed by atoms with Crippen LogP contribution in [-0.2, 0) is 19.5 Å². The molecule has 3 heteroatoms. The first-order valence-electron chi connectivity index (χ1n) is 7.80. The summed E-state index contributed by atoms with van der Waals surface area (Å²) in [6, 6.07) is 14.9. The molecule has 3 nitrogen and oxygen atoms in total. The Kier molecular flexibility index (Phi) is 4.64. The Bertz CT molecular complexity index is 625. The van der Waals surface area contributed by atoms with Crippen LogP contribution in [0, 0.1) is 0 Å². The zero-order valence-electron chi connectivity index (χ0n) is 13.3. The van der Waals surface area contributed by atoms with Gasteiger partial charge in [0.15, 0.2) is 11.5 Å². The summed E-state index contributed by atoms with van der Waals surface area (Å²) in [6.45, 7) is 3.08. The van der Waals surface area contributed by atoms with Gasteiger partial charge in [0.25, 0.3) is 0 Å². The molecule has 1 aliphatic rings. The molecule has 22 heavy (non-hydrogen) atoms. The lowest BCUT2D eigenvalue weighted by Crippen LogP contribution is -2.22. The summed E-state index contributed by atoms with van der Waals surface area (Å²) in [5.74, 6) is 1.65. The molecule has 3 rings (SSSR count). The number of ether oxygens (including phenoxy) is 2. The molecular formula is C19H23NO2. The summed E-state index contributed by atoms with van der Waals surface area (Å²) in [4.78, 5) is 2.51. The van der Waals surface area contributed by atoms with Crippen LogP contribution in [0.2, 0.25) is 0 Å². The standard InChI is InChI=1S/C19H23NO2/c1-21-18-11-16-9-6-10-20(13-15-7-4-3-5-8-15)14-17(16)12-19(18)22-2/h3-5,7-8,11-12H,6,9-10,13-14H2,1-2H3. The van der Waals surface area contributed by atoms with Crippen molar-refractivity contribution in [1.82, 2.24) is 4.90 Å². The second-order valence-corrected chi connectivity index (χ2v) is 5.78. The summed E-state index contributed by atoms with van der Waals surface area (Å²) in [5, 5.41) is 0. The lowest BCUT2D eigenvalue weighted by atomic mass is 10.0. The van der Waals surface area contributed by atoms with Crippen molar-refractivity contribution < 1.29 is 9.47 Å². The highest BCUT2D eigenvalue weighted by Crippen LogP contribution is 2.33. The Morgan fingerprint density at radius 1 is 0.955 bits per heavy atom. The number of rotatable bonds is 4. The van der Waals surface area contributed by atoms with Gasteiger partial charge in [-0.3, -0.25) is 4.90 Å². The molecule has 0 amide bonds. The van der Waals surface area contributed by atoms with Crippen molar-refractivity contribution in [2.24, 2.45) is 0 Å². The minimum absolute atomic E-state index is 0.822. The largest absolute Gasteiger partial charge is 0.493 e. The zero-order chi connectivity index (χ0) is 15.4. The van der Waals surface area contributed by atoms with E-state index in [1.807, 2.05) is 0 Å². The van der Waals surface area contributed by atoms with Gasteiger partial charge in [-0.05, 0) is 48.2 Å². The van der Waals surface area contributed by atoms with E-state index in [1.54, 1.807) is 14.2 Å². The van der Waals surface area contributed by atoms with E-state index < -0.39 is 0 Å². The third-order valence-electron chi connectivity index (χ3n) is 4.27. The highest BCUT2D eigenvalue weighted by Gasteiger charge is 2.17.